The summed E-state index contributed by atoms with van der Waals surface area (Å²) in [5, 5.41) is 10.6. The number of nitrogens with zero attached hydrogens (tertiary/aromatic N) is 1. The standard InChI is InChI=1S/C10H18N2O3/c1-4-5-6-7-12(3)9(13)8(2)11-10(14)15/h4,8,11H,1,5-7H2,2-3H3,(H,14,15). The normalized spacial score (nSPS) is 11.6. The largest absolute Gasteiger partial charge is 0.465 e. The molecule has 86 valence electrons. The van der Waals surface area contributed by atoms with E-state index in [1.54, 1.807) is 13.1 Å². The van der Waals surface area contributed by atoms with Gasteiger partial charge in [-0.05, 0) is 19.8 Å². The van der Waals surface area contributed by atoms with Crippen molar-refractivity contribution in [2.45, 2.75) is 25.8 Å². The van der Waals surface area contributed by atoms with Crippen LogP contribution in [-0.4, -0.2) is 41.6 Å². The maximum absolute atomic E-state index is 11.5. The van der Waals surface area contributed by atoms with Crippen LogP contribution in [0.2, 0.25) is 0 Å². The van der Waals surface area contributed by atoms with E-state index in [-0.39, 0.29) is 5.91 Å². The molecule has 0 aromatic rings. The summed E-state index contributed by atoms with van der Waals surface area (Å²) < 4.78 is 0. The third-order valence-electron chi connectivity index (χ3n) is 1.99. The molecule has 0 heterocycles. The van der Waals surface area contributed by atoms with Gasteiger partial charge in [-0.15, -0.1) is 6.58 Å². The van der Waals surface area contributed by atoms with Crippen LogP contribution in [0.3, 0.4) is 0 Å². The summed E-state index contributed by atoms with van der Waals surface area (Å²) in [5.41, 5.74) is 0. The van der Waals surface area contributed by atoms with E-state index in [0.717, 1.165) is 12.8 Å². The third kappa shape index (κ3) is 5.72. The first-order valence-electron chi connectivity index (χ1n) is 4.84. The van der Waals surface area contributed by atoms with Gasteiger partial charge in [-0.3, -0.25) is 4.79 Å². The van der Waals surface area contributed by atoms with Gasteiger partial charge in [0.25, 0.3) is 0 Å². The zero-order valence-electron chi connectivity index (χ0n) is 9.19. The van der Waals surface area contributed by atoms with E-state index in [0.29, 0.717) is 6.54 Å². The lowest BCUT2D eigenvalue weighted by Gasteiger charge is -2.20. The SMILES string of the molecule is C=CCCCN(C)C(=O)C(C)NC(=O)O. The molecule has 0 aliphatic rings. The Morgan fingerprint density at radius 3 is 2.67 bits per heavy atom. The van der Waals surface area contributed by atoms with Gasteiger partial charge in [0.1, 0.15) is 6.04 Å². The second-order valence-corrected chi connectivity index (χ2v) is 3.36. The Morgan fingerprint density at radius 1 is 1.60 bits per heavy atom. The van der Waals surface area contributed by atoms with E-state index in [1.807, 2.05) is 0 Å². The highest BCUT2D eigenvalue weighted by Crippen LogP contribution is 1.97. The topological polar surface area (TPSA) is 69.6 Å². The molecule has 0 aliphatic heterocycles. The average Bonchev–Trinajstić information content (AvgIpc) is 2.15. The minimum Gasteiger partial charge on any atom is -0.465 e. The molecule has 0 saturated heterocycles. The molecule has 1 unspecified atom stereocenters. The fourth-order valence-electron chi connectivity index (χ4n) is 1.16. The highest BCUT2D eigenvalue weighted by Gasteiger charge is 2.18. The van der Waals surface area contributed by atoms with Gasteiger partial charge in [-0.1, -0.05) is 6.08 Å². The number of carboxylic acid groups (broad SMARTS) is 1. The number of carbonyl (C=O) groups excluding carboxylic acids is 1. The van der Waals surface area contributed by atoms with Gasteiger partial charge in [0.05, 0.1) is 0 Å². The highest BCUT2D eigenvalue weighted by molar-refractivity contribution is 5.84. The van der Waals surface area contributed by atoms with E-state index in [4.69, 9.17) is 5.11 Å². The van der Waals surface area contributed by atoms with Crippen LogP contribution >= 0.6 is 0 Å². The monoisotopic (exact) mass is 214 g/mol. The van der Waals surface area contributed by atoms with Gasteiger partial charge < -0.3 is 15.3 Å². The van der Waals surface area contributed by atoms with Crippen LogP contribution in [-0.2, 0) is 4.79 Å². The minimum atomic E-state index is -1.18. The van der Waals surface area contributed by atoms with Gasteiger partial charge in [0, 0.05) is 13.6 Å². The molecular weight excluding hydrogens is 196 g/mol. The molecule has 0 bridgehead atoms. The highest BCUT2D eigenvalue weighted by atomic mass is 16.4. The van der Waals surface area contributed by atoms with Crippen molar-refractivity contribution in [1.82, 2.24) is 10.2 Å². The van der Waals surface area contributed by atoms with E-state index < -0.39 is 12.1 Å². The Kier molecular flexibility index (Phi) is 6.17. The quantitative estimate of drug-likeness (QED) is 0.513. The number of allylic oxidation sites excluding steroid dienone is 1. The molecule has 0 saturated carbocycles. The lowest BCUT2D eigenvalue weighted by molar-refractivity contribution is -0.131. The lowest BCUT2D eigenvalue weighted by Crippen LogP contribution is -2.45. The summed E-state index contributed by atoms with van der Waals surface area (Å²) in [6, 6.07) is -0.698. The third-order valence-corrected chi connectivity index (χ3v) is 1.99. The molecule has 5 heteroatoms. The molecule has 0 rings (SSSR count). The fraction of sp³-hybridized carbons (Fsp3) is 0.600. The molecule has 0 aromatic heterocycles. The summed E-state index contributed by atoms with van der Waals surface area (Å²) in [6.45, 7) is 5.72. The molecule has 1 atom stereocenters. The summed E-state index contributed by atoms with van der Waals surface area (Å²) in [6.07, 6.45) is 2.29. The first kappa shape index (κ1) is 13.5. The molecule has 0 aliphatic carbocycles. The van der Waals surface area contributed by atoms with Crippen LogP contribution in [0, 0.1) is 0 Å². The molecular formula is C10H18N2O3. The number of likely N-dealkylation sites (N-methyl/N-ethyl adjacent to an activating group) is 1. The van der Waals surface area contributed by atoms with Crippen LogP contribution in [0.1, 0.15) is 19.8 Å². The summed E-state index contributed by atoms with van der Waals surface area (Å²) >= 11 is 0. The number of hydrogen-bond acceptors (Lipinski definition) is 2. The Labute approximate surface area is 89.8 Å². The number of carbonyl (C=O) groups is 2. The van der Waals surface area contributed by atoms with Gasteiger partial charge in [-0.25, -0.2) is 4.79 Å². The summed E-state index contributed by atoms with van der Waals surface area (Å²) in [4.78, 5) is 23.4. The van der Waals surface area contributed by atoms with Crippen molar-refractivity contribution >= 4 is 12.0 Å². The zero-order chi connectivity index (χ0) is 11.8. The van der Waals surface area contributed by atoms with E-state index in [2.05, 4.69) is 11.9 Å². The molecule has 0 spiro atoms. The van der Waals surface area contributed by atoms with E-state index in [9.17, 15) is 9.59 Å². The van der Waals surface area contributed by atoms with Gasteiger partial charge in [-0.2, -0.15) is 0 Å². The molecule has 5 nitrogen and oxygen atoms in total. The van der Waals surface area contributed by atoms with Crippen molar-refractivity contribution < 1.29 is 14.7 Å². The van der Waals surface area contributed by atoms with Crippen molar-refractivity contribution in [2.24, 2.45) is 0 Å². The van der Waals surface area contributed by atoms with E-state index in [1.165, 1.54) is 11.8 Å². The maximum Gasteiger partial charge on any atom is 0.405 e. The van der Waals surface area contributed by atoms with E-state index >= 15 is 0 Å². The predicted molar refractivity (Wildman–Crippen MR) is 57.7 cm³/mol. The number of nitrogens with one attached hydrogen (secondary N) is 1. The van der Waals surface area contributed by atoms with Gasteiger partial charge >= 0.3 is 6.09 Å². The summed E-state index contributed by atoms with van der Waals surface area (Å²) in [7, 11) is 1.66. The van der Waals surface area contributed by atoms with Crippen LogP contribution in [0.5, 0.6) is 0 Å². The van der Waals surface area contributed by atoms with Crippen molar-refractivity contribution in [3.05, 3.63) is 12.7 Å². The maximum atomic E-state index is 11.5. The first-order valence-corrected chi connectivity index (χ1v) is 4.84. The minimum absolute atomic E-state index is 0.221. The fourth-order valence-corrected chi connectivity index (χ4v) is 1.16. The Balaban J connectivity index is 3.95. The van der Waals surface area contributed by atoms with Crippen molar-refractivity contribution in [3.8, 4) is 0 Å². The van der Waals surface area contributed by atoms with Crippen LogP contribution in [0.15, 0.2) is 12.7 Å². The first-order chi connectivity index (χ1) is 6.99. The average molecular weight is 214 g/mol. The summed E-state index contributed by atoms with van der Waals surface area (Å²) in [5.74, 6) is -0.221. The van der Waals surface area contributed by atoms with Crippen molar-refractivity contribution in [1.29, 1.82) is 0 Å². The molecule has 0 radical (unpaired) electrons. The Morgan fingerprint density at radius 2 is 2.20 bits per heavy atom. The van der Waals surface area contributed by atoms with Crippen molar-refractivity contribution in [3.63, 3.8) is 0 Å². The molecule has 2 N–H and O–H groups in total. The number of amides is 2. The number of rotatable bonds is 6. The predicted octanol–water partition coefficient (Wildman–Crippen LogP) is 1.07. The molecule has 2 amide bonds. The van der Waals surface area contributed by atoms with Crippen LogP contribution in [0.25, 0.3) is 0 Å². The van der Waals surface area contributed by atoms with Crippen LogP contribution in [0.4, 0.5) is 4.79 Å². The molecule has 15 heavy (non-hydrogen) atoms. The second-order valence-electron chi connectivity index (χ2n) is 3.36. The number of unbranched alkanes of at least 4 members (excludes halogenated alkanes) is 1. The van der Waals surface area contributed by atoms with Gasteiger partial charge in [0.2, 0.25) is 5.91 Å². The lowest BCUT2D eigenvalue weighted by atomic mass is 10.2. The number of hydrogen-bond donors (Lipinski definition) is 2. The van der Waals surface area contributed by atoms with Gasteiger partial charge in [0.15, 0.2) is 0 Å². The van der Waals surface area contributed by atoms with Crippen molar-refractivity contribution in [2.75, 3.05) is 13.6 Å². The second kappa shape index (κ2) is 6.86. The molecule has 0 aromatic carbocycles. The molecule has 0 fully saturated rings. The Hall–Kier alpha value is -1.52. The smallest absolute Gasteiger partial charge is 0.405 e. The van der Waals surface area contributed by atoms with Crippen LogP contribution < -0.4 is 5.32 Å². The zero-order valence-corrected chi connectivity index (χ0v) is 9.19. The Bertz CT molecular complexity index is 241.